The summed E-state index contributed by atoms with van der Waals surface area (Å²) in [4.78, 5) is 15.6. The molecule has 1 unspecified atom stereocenters. The van der Waals surface area contributed by atoms with Gasteiger partial charge >= 0.3 is 0 Å². The molecule has 1 aromatic rings. The van der Waals surface area contributed by atoms with Crippen molar-refractivity contribution in [1.29, 1.82) is 0 Å². The maximum Gasteiger partial charge on any atom is 0.254 e. The predicted octanol–water partition coefficient (Wildman–Crippen LogP) is 3.60. The van der Waals surface area contributed by atoms with Crippen molar-refractivity contribution in [3.8, 4) is 0 Å². The number of ether oxygens (including phenoxy) is 1. The van der Waals surface area contributed by atoms with Crippen molar-refractivity contribution in [3.63, 3.8) is 0 Å². The van der Waals surface area contributed by atoms with E-state index in [-0.39, 0.29) is 0 Å². The zero-order chi connectivity index (χ0) is 16.1. The second-order valence-electron chi connectivity index (χ2n) is 8.34. The molecule has 1 amide bonds. The van der Waals surface area contributed by atoms with Gasteiger partial charge in [-0.25, -0.2) is 0 Å². The number of hydrogen-bond donors (Lipinski definition) is 0. The lowest BCUT2D eigenvalue weighted by molar-refractivity contribution is -0.140. The van der Waals surface area contributed by atoms with E-state index >= 15 is 0 Å². The van der Waals surface area contributed by atoms with E-state index in [2.05, 4.69) is 23.1 Å². The molecule has 2 aliphatic carbocycles. The zero-order valence-corrected chi connectivity index (χ0v) is 14.4. The Balaban J connectivity index is 1.43. The van der Waals surface area contributed by atoms with Gasteiger partial charge in [0.15, 0.2) is 0 Å². The second-order valence-corrected chi connectivity index (χ2v) is 8.34. The topological polar surface area (TPSA) is 29.5 Å². The van der Waals surface area contributed by atoms with Gasteiger partial charge in [0, 0.05) is 36.8 Å². The first-order valence-corrected chi connectivity index (χ1v) is 9.78. The molecule has 4 aliphatic rings. The molecule has 1 aromatic carbocycles. The Labute approximate surface area is 144 Å². The van der Waals surface area contributed by atoms with Crippen LogP contribution in [0.4, 0.5) is 0 Å². The second kappa shape index (κ2) is 5.59. The molecular weight excluding hydrogens is 298 g/mol. The van der Waals surface area contributed by atoms with Crippen LogP contribution in [-0.4, -0.2) is 36.6 Å². The van der Waals surface area contributed by atoms with Gasteiger partial charge in [0.05, 0.1) is 0 Å². The van der Waals surface area contributed by atoms with Gasteiger partial charge in [-0.2, -0.15) is 0 Å². The van der Waals surface area contributed by atoms with Gasteiger partial charge in [-0.05, 0) is 68.1 Å². The highest BCUT2D eigenvalue weighted by Gasteiger charge is 2.59. The van der Waals surface area contributed by atoms with Crippen LogP contribution in [0.1, 0.15) is 60.0 Å². The van der Waals surface area contributed by atoms with E-state index in [1.807, 2.05) is 0 Å². The number of nitrogens with zero attached hydrogens (tertiary/aromatic N) is 1. The normalized spacial score (nSPS) is 28.3. The number of hydrogen-bond acceptors (Lipinski definition) is 2. The minimum atomic E-state index is 0.308. The minimum absolute atomic E-state index is 0.308. The molecule has 1 atom stereocenters. The van der Waals surface area contributed by atoms with Gasteiger partial charge in [0.25, 0.3) is 5.91 Å². The van der Waals surface area contributed by atoms with Crippen molar-refractivity contribution in [1.82, 2.24) is 4.90 Å². The molecule has 0 radical (unpaired) electrons. The van der Waals surface area contributed by atoms with Crippen LogP contribution in [0.25, 0.3) is 0 Å². The molecule has 24 heavy (non-hydrogen) atoms. The third-order valence-corrected chi connectivity index (χ3v) is 7.15. The first-order valence-electron chi connectivity index (χ1n) is 9.78. The summed E-state index contributed by atoms with van der Waals surface area (Å²) < 4.78 is 5.58. The van der Waals surface area contributed by atoms with E-state index in [1.165, 1.54) is 36.8 Å². The summed E-state index contributed by atoms with van der Waals surface area (Å²) in [6, 6.07) is 6.83. The van der Waals surface area contributed by atoms with Gasteiger partial charge < -0.3 is 9.64 Å². The molecule has 5 rings (SSSR count). The number of fused-ring (bicyclic) bond motifs is 1. The summed E-state index contributed by atoms with van der Waals surface area (Å²) in [5.41, 5.74) is 4.19. The van der Waals surface area contributed by atoms with Crippen molar-refractivity contribution in [3.05, 3.63) is 34.9 Å². The molecule has 0 aromatic heterocycles. The van der Waals surface area contributed by atoms with Crippen LogP contribution in [0.5, 0.6) is 0 Å². The van der Waals surface area contributed by atoms with Crippen LogP contribution in [0, 0.1) is 11.3 Å². The van der Waals surface area contributed by atoms with Gasteiger partial charge in [-0.3, -0.25) is 4.79 Å². The highest BCUT2D eigenvalue weighted by Crippen LogP contribution is 2.57. The fourth-order valence-electron chi connectivity index (χ4n) is 5.79. The van der Waals surface area contributed by atoms with Crippen molar-refractivity contribution >= 4 is 5.91 Å². The molecule has 0 N–H and O–H groups in total. The summed E-state index contributed by atoms with van der Waals surface area (Å²) in [6.45, 7) is 2.75. The van der Waals surface area contributed by atoms with Crippen LogP contribution >= 0.6 is 0 Å². The Morgan fingerprint density at radius 2 is 1.96 bits per heavy atom. The van der Waals surface area contributed by atoms with Crippen molar-refractivity contribution in [2.24, 2.45) is 11.3 Å². The molecule has 1 saturated carbocycles. The third kappa shape index (κ3) is 2.10. The summed E-state index contributed by atoms with van der Waals surface area (Å²) in [6.07, 6.45) is 9.68. The molecule has 3 nitrogen and oxygen atoms in total. The monoisotopic (exact) mass is 325 g/mol. The van der Waals surface area contributed by atoms with Crippen molar-refractivity contribution < 1.29 is 9.53 Å². The van der Waals surface area contributed by atoms with E-state index < -0.39 is 0 Å². The quantitative estimate of drug-likeness (QED) is 0.831. The molecule has 1 spiro atoms. The van der Waals surface area contributed by atoms with Crippen molar-refractivity contribution in [2.45, 2.75) is 57.4 Å². The number of aryl methyl sites for hydroxylation is 1. The predicted molar refractivity (Wildman–Crippen MR) is 93.1 cm³/mol. The number of carbonyl (C=O) groups is 1. The lowest BCUT2D eigenvalue weighted by Crippen LogP contribution is -2.71. The van der Waals surface area contributed by atoms with E-state index in [9.17, 15) is 4.79 Å². The molecule has 2 aliphatic heterocycles. The van der Waals surface area contributed by atoms with Crippen LogP contribution in [0.3, 0.4) is 0 Å². The van der Waals surface area contributed by atoms with E-state index in [4.69, 9.17) is 4.74 Å². The molecule has 128 valence electrons. The largest absolute Gasteiger partial charge is 0.381 e. The van der Waals surface area contributed by atoms with E-state index in [0.29, 0.717) is 23.3 Å². The van der Waals surface area contributed by atoms with E-state index in [0.717, 1.165) is 51.0 Å². The SMILES string of the molecule is O=C(c1cccc2c1CCC2)N1CC2(CCC2)C1C1CCOCC1. The third-order valence-electron chi connectivity index (χ3n) is 7.15. The fraction of sp³-hybridized carbons (Fsp3) is 0.667. The lowest BCUT2D eigenvalue weighted by Gasteiger charge is -2.65. The van der Waals surface area contributed by atoms with Crippen molar-refractivity contribution in [2.75, 3.05) is 19.8 Å². The average molecular weight is 325 g/mol. The van der Waals surface area contributed by atoms with E-state index in [1.54, 1.807) is 0 Å². The number of likely N-dealkylation sites (tertiary alicyclic amines) is 1. The first kappa shape index (κ1) is 14.9. The molecule has 2 heterocycles. The number of rotatable bonds is 2. The Morgan fingerprint density at radius 3 is 2.71 bits per heavy atom. The Hall–Kier alpha value is -1.35. The first-order chi connectivity index (χ1) is 11.8. The summed E-state index contributed by atoms with van der Waals surface area (Å²) in [5.74, 6) is 0.955. The fourth-order valence-corrected chi connectivity index (χ4v) is 5.79. The summed E-state index contributed by atoms with van der Waals surface area (Å²) in [5, 5.41) is 0. The molecule has 3 fully saturated rings. The highest BCUT2D eigenvalue weighted by molar-refractivity contribution is 5.97. The maximum atomic E-state index is 13.4. The zero-order valence-electron chi connectivity index (χ0n) is 14.4. The number of amides is 1. The maximum absolute atomic E-state index is 13.4. The Morgan fingerprint density at radius 1 is 1.12 bits per heavy atom. The van der Waals surface area contributed by atoms with Crippen LogP contribution in [-0.2, 0) is 17.6 Å². The summed E-state index contributed by atoms with van der Waals surface area (Å²) in [7, 11) is 0. The van der Waals surface area contributed by atoms with Gasteiger partial charge in [-0.1, -0.05) is 18.6 Å². The average Bonchev–Trinajstić information content (AvgIpc) is 3.02. The number of carbonyl (C=O) groups excluding carboxylic acids is 1. The van der Waals surface area contributed by atoms with Gasteiger partial charge in [0.1, 0.15) is 0 Å². The highest BCUT2D eigenvalue weighted by atomic mass is 16.5. The standard InChI is InChI=1S/C21H27NO2/c23-20(18-7-2-5-15-4-1-6-17(15)18)22-14-21(10-3-11-21)19(22)16-8-12-24-13-9-16/h2,5,7,16,19H,1,3-4,6,8-14H2. The minimum Gasteiger partial charge on any atom is -0.381 e. The lowest BCUT2D eigenvalue weighted by atomic mass is 9.54. The summed E-state index contributed by atoms with van der Waals surface area (Å²) >= 11 is 0. The van der Waals surface area contributed by atoms with Crippen LogP contribution in [0.2, 0.25) is 0 Å². The smallest absolute Gasteiger partial charge is 0.254 e. The Kier molecular flexibility index (Phi) is 3.48. The van der Waals surface area contributed by atoms with Gasteiger partial charge in [0.2, 0.25) is 0 Å². The molecule has 2 saturated heterocycles. The Bertz CT molecular complexity index is 658. The van der Waals surface area contributed by atoms with Gasteiger partial charge in [-0.15, -0.1) is 0 Å². The molecular formula is C21H27NO2. The molecule has 0 bridgehead atoms. The van der Waals surface area contributed by atoms with Crippen LogP contribution < -0.4 is 0 Å². The molecule has 3 heteroatoms. The van der Waals surface area contributed by atoms with Crippen LogP contribution in [0.15, 0.2) is 18.2 Å². The number of benzene rings is 1.